The molecule has 0 saturated carbocycles. The molecule has 0 atom stereocenters. The molecule has 26 heavy (non-hydrogen) atoms. The second-order valence-corrected chi connectivity index (χ2v) is 6.66. The number of imidazole rings is 1. The van der Waals surface area contributed by atoms with Gasteiger partial charge in [0.15, 0.2) is 5.78 Å². The van der Waals surface area contributed by atoms with Crippen LogP contribution in [0, 0.1) is 0 Å². The summed E-state index contributed by atoms with van der Waals surface area (Å²) in [4.78, 5) is 21.6. The molecule has 0 saturated heterocycles. The van der Waals surface area contributed by atoms with Gasteiger partial charge in [0.25, 0.3) is 0 Å². The number of hydrogen-bond donors (Lipinski definition) is 0. The summed E-state index contributed by atoms with van der Waals surface area (Å²) in [7, 11) is 0. The van der Waals surface area contributed by atoms with E-state index in [2.05, 4.69) is 28.4 Å². The van der Waals surface area contributed by atoms with E-state index in [0.717, 1.165) is 22.5 Å². The van der Waals surface area contributed by atoms with Crippen LogP contribution in [0.25, 0.3) is 16.9 Å². The molecule has 4 aromatic rings. The van der Waals surface area contributed by atoms with Crippen molar-refractivity contribution in [3.8, 4) is 11.4 Å². The van der Waals surface area contributed by atoms with E-state index in [4.69, 9.17) is 0 Å². The van der Waals surface area contributed by atoms with Crippen molar-refractivity contribution in [2.75, 3.05) is 0 Å². The molecule has 4 rings (SSSR count). The first-order valence-electron chi connectivity index (χ1n) is 8.69. The molecular weight excluding hydrogens is 324 g/mol. The first-order chi connectivity index (χ1) is 12.6. The number of carbonyl (C=O) groups excluding carboxylic acids is 1. The molecule has 0 bridgehead atoms. The van der Waals surface area contributed by atoms with Crippen LogP contribution in [0.4, 0.5) is 0 Å². The van der Waals surface area contributed by atoms with Gasteiger partial charge in [-0.2, -0.15) is 0 Å². The van der Waals surface area contributed by atoms with Gasteiger partial charge in [-0.05, 0) is 43.7 Å². The van der Waals surface area contributed by atoms with E-state index in [1.807, 2.05) is 59.5 Å². The zero-order valence-electron chi connectivity index (χ0n) is 14.8. The monoisotopic (exact) mass is 344 g/mol. The third-order valence-electron chi connectivity index (χ3n) is 4.52. The van der Waals surface area contributed by atoms with Crippen molar-refractivity contribution in [3.05, 3.63) is 78.6 Å². The van der Waals surface area contributed by atoms with E-state index < -0.39 is 0 Å². The van der Waals surface area contributed by atoms with E-state index in [1.54, 1.807) is 12.4 Å². The number of aromatic nitrogens is 4. The highest BCUT2D eigenvalue weighted by molar-refractivity contribution is 6.05. The van der Waals surface area contributed by atoms with Gasteiger partial charge in [-0.15, -0.1) is 0 Å². The Hall–Kier alpha value is -3.21. The number of fused-ring (bicyclic) bond motifs is 1. The molecular formula is C21H20N4O. The fourth-order valence-corrected chi connectivity index (χ4v) is 3.11. The average Bonchev–Trinajstić information content (AvgIpc) is 3.27. The molecule has 0 aliphatic rings. The normalized spacial score (nSPS) is 11.3. The summed E-state index contributed by atoms with van der Waals surface area (Å²) in [6, 6.07) is 12.0. The van der Waals surface area contributed by atoms with Crippen molar-refractivity contribution in [2.24, 2.45) is 0 Å². The zero-order chi connectivity index (χ0) is 18.1. The number of pyridine rings is 2. The quantitative estimate of drug-likeness (QED) is 0.510. The topological polar surface area (TPSA) is 52.2 Å². The van der Waals surface area contributed by atoms with Gasteiger partial charge in [0, 0.05) is 42.8 Å². The highest BCUT2D eigenvalue weighted by Crippen LogP contribution is 2.26. The highest BCUT2D eigenvalue weighted by Gasteiger charge is 2.18. The van der Waals surface area contributed by atoms with Crippen molar-refractivity contribution >= 4 is 11.3 Å². The number of nitrogens with zero attached hydrogens (tertiary/aromatic N) is 4. The summed E-state index contributed by atoms with van der Waals surface area (Å²) < 4.78 is 4.10. The molecule has 0 aliphatic carbocycles. The fraction of sp³-hybridized carbons (Fsp3) is 0.190. The molecule has 4 heterocycles. The van der Waals surface area contributed by atoms with Crippen LogP contribution < -0.4 is 0 Å². The van der Waals surface area contributed by atoms with Gasteiger partial charge >= 0.3 is 0 Å². The van der Waals surface area contributed by atoms with Crippen molar-refractivity contribution in [3.63, 3.8) is 0 Å². The molecule has 0 N–H and O–H groups in total. The lowest BCUT2D eigenvalue weighted by Gasteiger charge is -2.04. The van der Waals surface area contributed by atoms with E-state index in [-0.39, 0.29) is 5.78 Å². The number of rotatable bonds is 5. The summed E-state index contributed by atoms with van der Waals surface area (Å²) >= 11 is 0. The maximum absolute atomic E-state index is 12.9. The van der Waals surface area contributed by atoms with Gasteiger partial charge in [0.2, 0.25) is 0 Å². The molecule has 0 aromatic carbocycles. The number of carbonyl (C=O) groups is 1. The van der Waals surface area contributed by atoms with Crippen molar-refractivity contribution in [1.29, 1.82) is 0 Å². The maximum Gasteiger partial charge on any atom is 0.169 e. The highest BCUT2D eigenvalue weighted by atomic mass is 16.1. The van der Waals surface area contributed by atoms with Gasteiger partial charge in [-0.25, -0.2) is 4.98 Å². The van der Waals surface area contributed by atoms with Gasteiger partial charge in [0.05, 0.1) is 17.5 Å². The number of Topliss-reactive ketones (excluding diaryl/α,β-unsaturated/α-hetero) is 1. The Balaban J connectivity index is 1.77. The third kappa shape index (κ3) is 2.92. The first kappa shape index (κ1) is 16.3. The smallest absolute Gasteiger partial charge is 0.169 e. The summed E-state index contributed by atoms with van der Waals surface area (Å²) in [6.07, 6.45) is 9.61. The molecule has 5 nitrogen and oxygen atoms in total. The van der Waals surface area contributed by atoms with Crippen LogP contribution in [-0.4, -0.2) is 24.7 Å². The molecule has 4 aromatic heterocycles. The SMILES string of the molecule is CC(C)n1cnc(-c2cc(C(=O)Cc3cccnc3)c3ccccn23)c1. The summed E-state index contributed by atoms with van der Waals surface area (Å²) in [5.41, 5.74) is 4.31. The predicted octanol–water partition coefficient (Wildman–Crippen LogP) is 4.20. The van der Waals surface area contributed by atoms with Crippen LogP contribution in [0.1, 0.15) is 35.8 Å². The minimum atomic E-state index is 0.0799. The lowest BCUT2D eigenvalue weighted by atomic mass is 10.0. The molecule has 130 valence electrons. The molecule has 0 radical (unpaired) electrons. The minimum Gasteiger partial charge on any atom is -0.334 e. The maximum atomic E-state index is 12.9. The lowest BCUT2D eigenvalue weighted by Crippen LogP contribution is -2.03. The van der Waals surface area contributed by atoms with Crippen LogP contribution in [0.2, 0.25) is 0 Å². The van der Waals surface area contributed by atoms with E-state index >= 15 is 0 Å². The molecule has 0 unspecified atom stereocenters. The lowest BCUT2D eigenvalue weighted by molar-refractivity contribution is 0.0994. The fourth-order valence-electron chi connectivity index (χ4n) is 3.11. The molecule has 0 spiro atoms. The van der Waals surface area contributed by atoms with Gasteiger partial charge in [0.1, 0.15) is 5.69 Å². The van der Waals surface area contributed by atoms with E-state index in [0.29, 0.717) is 18.0 Å². The second kappa shape index (κ2) is 6.59. The summed E-state index contributed by atoms with van der Waals surface area (Å²) in [5, 5.41) is 0. The predicted molar refractivity (Wildman–Crippen MR) is 101 cm³/mol. The van der Waals surface area contributed by atoms with Gasteiger partial charge in [-0.1, -0.05) is 12.1 Å². The summed E-state index contributed by atoms with van der Waals surface area (Å²) in [5.74, 6) is 0.0799. The zero-order valence-corrected chi connectivity index (χ0v) is 14.8. The molecule has 0 fully saturated rings. The van der Waals surface area contributed by atoms with E-state index in [1.165, 1.54) is 0 Å². The molecule has 5 heteroatoms. The Morgan fingerprint density at radius 1 is 1.19 bits per heavy atom. The van der Waals surface area contributed by atoms with Crippen molar-refractivity contribution in [1.82, 2.24) is 18.9 Å². The standard InChI is InChI=1S/C21H20N4O/c1-15(2)24-13-18(23-14-24)20-11-17(19-7-3-4-9-25(19)20)21(26)10-16-6-5-8-22-12-16/h3-9,11-15H,10H2,1-2H3. The number of hydrogen-bond acceptors (Lipinski definition) is 3. The Bertz CT molecular complexity index is 1060. The minimum absolute atomic E-state index is 0.0799. The Morgan fingerprint density at radius 2 is 2.08 bits per heavy atom. The van der Waals surface area contributed by atoms with Crippen molar-refractivity contribution < 1.29 is 4.79 Å². The van der Waals surface area contributed by atoms with Crippen LogP contribution in [0.5, 0.6) is 0 Å². The average molecular weight is 344 g/mol. The second-order valence-electron chi connectivity index (χ2n) is 6.66. The largest absolute Gasteiger partial charge is 0.334 e. The van der Waals surface area contributed by atoms with Crippen molar-refractivity contribution in [2.45, 2.75) is 26.3 Å². The van der Waals surface area contributed by atoms with E-state index in [9.17, 15) is 4.79 Å². The Kier molecular flexibility index (Phi) is 4.13. The summed E-state index contributed by atoms with van der Waals surface area (Å²) in [6.45, 7) is 4.23. The molecule has 0 amide bonds. The Morgan fingerprint density at radius 3 is 2.81 bits per heavy atom. The van der Waals surface area contributed by atoms with Crippen LogP contribution in [0.3, 0.4) is 0 Å². The number of ketones is 1. The first-order valence-corrected chi connectivity index (χ1v) is 8.69. The Labute approximate surface area is 152 Å². The molecule has 0 aliphatic heterocycles. The van der Waals surface area contributed by atoms with Crippen LogP contribution >= 0.6 is 0 Å². The van der Waals surface area contributed by atoms with Gasteiger partial charge < -0.3 is 8.97 Å². The van der Waals surface area contributed by atoms with Crippen LogP contribution in [0.15, 0.2) is 67.5 Å². The van der Waals surface area contributed by atoms with Crippen LogP contribution in [-0.2, 0) is 6.42 Å². The van der Waals surface area contributed by atoms with Gasteiger partial charge in [-0.3, -0.25) is 9.78 Å². The third-order valence-corrected chi connectivity index (χ3v) is 4.52.